The van der Waals surface area contributed by atoms with Gasteiger partial charge in [-0.3, -0.25) is 4.99 Å². The molecule has 0 bridgehead atoms. The summed E-state index contributed by atoms with van der Waals surface area (Å²) >= 11 is 0. The molecule has 2 aliphatic heterocycles. The molecule has 4 heteroatoms. The third-order valence-corrected chi connectivity index (χ3v) is 4.18. The van der Waals surface area contributed by atoms with E-state index < -0.39 is 5.41 Å². The molecule has 0 radical (unpaired) electrons. The maximum absolute atomic E-state index is 12.4. The molecule has 0 aromatic heterocycles. The molecule has 0 saturated heterocycles. The molecular formula is C18H14N2O2. The number of nitrogens with one attached hydrogen (secondary N) is 1. The second-order valence-corrected chi connectivity index (χ2v) is 5.32. The van der Waals surface area contributed by atoms with E-state index in [-0.39, 0.29) is 12.6 Å². The zero-order chi connectivity index (χ0) is 15.2. The lowest BCUT2D eigenvalue weighted by Gasteiger charge is -2.29. The molecule has 1 atom stereocenters. The number of fused-ring (bicyclic) bond motifs is 1. The first-order chi connectivity index (χ1) is 10.8. The van der Waals surface area contributed by atoms with Crippen LogP contribution in [-0.2, 0) is 14.9 Å². The van der Waals surface area contributed by atoms with Gasteiger partial charge in [0.1, 0.15) is 12.0 Å². The fourth-order valence-corrected chi connectivity index (χ4v) is 3.24. The monoisotopic (exact) mass is 290 g/mol. The zero-order valence-corrected chi connectivity index (χ0v) is 11.9. The highest BCUT2D eigenvalue weighted by molar-refractivity contribution is 6.16. The molecule has 1 unspecified atom stereocenters. The van der Waals surface area contributed by atoms with Crippen LogP contribution in [0.1, 0.15) is 5.56 Å². The number of esters is 1. The van der Waals surface area contributed by atoms with Gasteiger partial charge in [-0.1, -0.05) is 30.9 Å². The van der Waals surface area contributed by atoms with Crippen molar-refractivity contribution in [3.05, 3.63) is 78.2 Å². The van der Waals surface area contributed by atoms with Crippen LogP contribution in [0.4, 0.5) is 5.69 Å². The van der Waals surface area contributed by atoms with E-state index in [9.17, 15) is 4.79 Å². The number of hydrogen-bond donors (Lipinski definition) is 1. The molecule has 1 aromatic rings. The van der Waals surface area contributed by atoms with Crippen LogP contribution in [0.5, 0.6) is 0 Å². The number of para-hydroxylation sites is 1. The third kappa shape index (κ3) is 1.52. The Bertz CT molecular complexity index is 814. The van der Waals surface area contributed by atoms with Crippen molar-refractivity contribution in [1.82, 2.24) is 0 Å². The molecule has 22 heavy (non-hydrogen) atoms. The minimum atomic E-state index is -0.492. The van der Waals surface area contributed by atoms with Gasteiger partial charge in [-0.25, -0.2) is 4.79 Å². The van der Waals surface area contributed by atoms with Crippen LogP contribution in [0.3, 0.4) is 0 Å². The fraction of sp³-hybridized carbons (Fsp3) is 0.111. The van der Waals surface area contributed by atoms with Crippen molar-refractivity contribution < 1.29 is 9.53 Å². The van der Waals surface area contributed by atoms with Crippen LogP contribution in [0.15, 0.2) is 77.6 Å². The average molecular weight is 290 g/mol. The van der Waals surface area contributed by atoms with Gasteiger partial charge in [0.05, 0.1) is 17.0 Å². The Morgan fingerprint density at radius 1 is 1.36 bits per heavy atom. The standard InChI is InChI=1S/C18H14N2O2/c1-2-11-22-17(21)12-7-8-15-18(9-10-19-15)13-5-3-4-6-14(13)20-16(12)18/h2-10,20H,1,11H2. The molecule has 0 fully saturated rings. The van der Waals surface area contributed by atoms with Crippen LogP contribution >= 0.6 is 0 Å². The minimum absolute atomic E-state index is 0.195. The molecule has 0 saturated carbocycles. The lowest BCUT2D eigenvalue weighted by atomic mass is 9.72. The van der Waals surface area contributed by atoms with E-state index in [0.717, 1.165) is 22.7 Å². The van der Waals surface area contributed by atoms with Crippen LogP contribution < -0.4 is 5.32 Å². The van der Waals surface area contributed by atoms with Crippen molar-refractivity contribution in [3.63, 3.8) is 0 Å². The van der Waals surface area contributed by atoms with Crippen molar-refractivity contribution in [2.24, 2.45) is 4.99 Å². The number of nitrogens with zero attached hydrogens (tertiary/aromatic N) is 1. The van der Waals surface area contributed by atoms with Gasteiger partial charge in [-0.2, -0.15) is 0 Å². The lowest BCUT2D eigenvalue weighted by molar-refractivity contribution is -0.137. The molecule has 1 aliphatic carbocycles. The first-order valence-corrected chi connectivity index (χ1v) is 7.11. The molecule has 1 aromatic carbocycles. The predicted molar refractivity (Wildman–Crippen MR) is 85.6 cm³/mol. The lowest BCUT2D eigenvalue weighted by Crippen LogP contribution is -2.35. The predicted octanol–water partition coefficient (Wildman–Crippen LogP) is 2.87. The highest BCUT2D eigenvalue weighted by Crippen LogP contribution is 2.50. The molecule has 0 amide bonds. The third-order valence-electron chi connectivity index (χ3n) is 4.18. The summed E-state index contributed by atoms with van der Waals surface area (Å²) in [5.41, 5.74) is 3.88. The molecule has 4 rings (SSSR count). The zero-order valence-electron chi connectivity index (χ0n) is 11.9. The first-order valence-electron chi connectivity index (χ1n) is 7.11. The van der Waals surface area contributed by atoms with Gasteiger partial charge in [0.25, 0.3) is 0 Å². The summed E-state index contributed by atoms with van der Waals surface area (Å²) in [4.78, 5) is 16.8. The summed E-state index contributed by atoms with van der Waals surface area (Å²) in [6.45, 7) is 3.77. The quantitative estimate of drug-likeness (QED) is 0.688. The summed E-state index contributed by atoms with van der Waals surface area (Å²) in [6, 6.07) is 8.03. The highest BCUT2D eigenvalue weighted by Gasteiger charge is 2.49. The van der Waals surface area contributed by atoms with E-state index in [1.807, 2.05) is 30.4 Å². The van der Waals surface area contributed by atoms with E-state index in [1.54, 1.807) is 18.4 Å². The number of allylic oxidation sites excluding steroid dienone is 2. The van der Waals surface area contributed by atoms with E-state index in [1.165, 1.54) is 0 Å². The Labute approximate surface area is 128 Å². The van der Waals surface area contributed by atoms with Crippen LogP contribution in [0, 0.1) is 0 Å². The molecule has 2 heterocycles. The van der Waals surface area contributed by atoms with Crippen LogP contribution in [0.2, 0.25) is 0 Å². The molecule has 3 aliphatic rings. The van der Waals surface area contributed by atoms with Gasteiger partial charge in [-0.15, -0.1) is 0 Å². The van der Waals surface area contributed by atoms with E-state index in [0.29, 0.717) is 5.57 Å². The summed E-state index contributed by atoms with van der Waals surface area (Å²) in [7, 11) is 0. The van der Waals surface area contributed by atoms with Gasteiger partial charge in [0.15, 0.2) is 0 Å². The highest BCUT2D eigenvalue weighted by atomic mass is 16.5. The summed E-state index contributed by atoms with van der Waals surface area (Å²) in [5.74, 6) is -0.356. The number of hydrogen-bond acceptors (Lipinski definition) is 4. The Morgan fingerprint density at radius 2 is 2.23 bits per heavy atom. The van der Waals surface area contributed by atoms with Crippen LogP contribution in [-0.4, -0.2) is 18.3 Å². The van der Waals surface area contributed by atoms with Gasteiger partial charge in [0, 0.05) is 11.9 Å². The average Bonchev–Trinajstić information content (AvgIpc) is 3.12. The van der Waals surface area contributed by atoms with Crippen molar-refractivity contribution in [3.8, 4) is 0 Å². The molecule has 1 N–H and O–H groups in total. The van der Waals surface area contributed by atoms with E-state index in [4.69, 9.17) is 4.74 Å². The van der Waals surface area contributed by atoms with Crippen molar-refractivity contribution in [1.29, 1.82) is 0 Å². The second-order valence-electron chi connectivity index (χ2n) is 5.32. The van der Waals surface area contributed by atoms with Crippen molar-refractivity contribution in [2.45, 2.75) is 5.41 Å². The first kappa shape index (κ1) is 12.8. The number of carbonyl (C=O) groups excluding carboxylic acids is 1. The van der Waals surface area contributed by atoms with Gasteiger partial charge in [0.2, 0.25) is 0 Å². The maximum Gasteiger partial charge on any atom is 0.340 e. The number of benzene rings is 1. The molecule has 108 valence electrons. The number of aliphatic imine (C=N–C) groups is 1. The number of anilines is 1. The largest absolute Gasteiger partial charge is 0.458 e. The smallest absolute Gasteiger partial charge is 0.340 e. The Balaban J connectivity index is 1.90. The van der Waals surface area contributed by atoms with Crippen molar-refractivity contribution >= 4 is 17.4 Å². The Morgan fingerprint density at radius 3 is 3.09 bits per heavy atom. The summed E-state index contributed by atoms with van der Waals surface area (Å²) in [5, 5.41) is 3.38. The molecule has 1 spiro atoms. The van der Waals surface area contributed by atoms with Crippen molar-refractivity contribution in [2.75, 3.05) is 11.9 Å². The van der Waals surface area contributed by atoms with Gasteiger partial charge in [-0.05, 0) is 29.9 Å². The second kappa shape index (κ2) is 4.56. The molecular weight excluding hydrogens is 276 g/mol. The molecule has 4 nitrogen and oxygen atoms in total. The number of carbonyl (C=O) groups is 1. The van der Waals surface area contributed by atoms with Gasteiger partial charge >= 0.3 is 5.97 Å². The summed E-state index contributed by atoms with van der Waals surface area (Å²) in [6.07, 6.45) is 9.04. The number of ether oxygens (including phenoxy) is 1. The summed E-state index contributed by atoms with van der Waals surface area (Å²) < 4.78 is 5.21. The van der Waals surface area contributed by atoms with Crippen LogP contribution in [0.25, 0.3) is 0 Å². The minimum Gasteiger partial charge on any atom is -0.458 e. The van der Waals surface area contributed by atoms with E-state index >= 15 is 0 Å². The SMILES string of the molecule is C=CCOC(=O)C1=C2Nc3ccccc3C23C=CN=C3C=C1. The number of rotatable bonds is 3. The van der Waals surface area contributed by atoms with Gasteiger partial charge < -0.3 is 10.1 Å². The Hall–Kier alpha value is -2.88. The normalized spacial score (nSPS) is 23.4. The maximum atomic E-state index is 12.4. The topological polar surface area (TPSA) is 50.7 Å². The fourth-order valence-electron chi connectivity index (χ4n) is 3.24. The Kier molecular flexibility index (Phi) is 2.66. The van der Waals surface area contributed by atoms with E-state index in [2.05, 4.69) is 23.0 Å².